The molecule has 0 fully saturated rings. The lowest BCUT2D eigenvalue weighted by atomic mass is 9.73. The third-order valence-corrected chi connectivity index (χ3v) is 12.1. The summed E-state index contributed by atoms with van der Waals surface area (Å²) in [7, 11) is 0. The van der Waals surface area contributed by atoms with E-state index in [2.05, 4.69) is 225 Å². The molecule has 0 spiro atoms. The van der Waals surface area contributed by atoms with Gasteiger partial charge in [-0.15, -0.1) is 0 Å². The average molecular weight is 695 g/mol. The quantitative estimate of drug-likeness (QED) is 0.171. The zero-order valence-electron chi connectivity index (χ0n) is 30.9. The van der Waals surface area contributed by atoms with Crippen LogP contribution in [0.2, 0.25) is 0 Å². The molecule has 2 unspecified atom stereocenters. The van der Waals surface area contributed by atoms with Crippen LogP contribution in [-0.4, -0.2) is 6.04 Å². The third-order valence-electron chi connectivity index (χ3n) is 12.1. The molecule has 10 rings (SSSR count). The van der Waals surface area contributed by atoms with E-state index in [1.54, 1.807) is 0 Å². The molecule has 0 saturated heterocycles. The normalized spacial score (nSPS) is 18.7. The first kappa shape index (κ1) is 32.3. The highest BCUT2D eigenvalue weighted by atomic mass is 15.2. The predicted octanol–water partition coefficient (Wildman–Crippen LogP) is 13.6. The number of anilines is 5. The summed E-state index contributed by atoms with van der Waals surface area (Å²) in [6.07, 6.45) is 7.24. The van der Waals surface area contributed by atoms with Crippen molar-refractivity contribution in [1.29, 1.82) is 0 Å². The largest absolute Gasteiger partial charge is 0.333 e. The fraction of sp³-hybridized carbons (Fsp3) is 0.115. The Hall–Kier alpha value is -6.38. The van der Waals surface area contributed by atoms with Gasteiger partial charge in [-0.05, 0) is 112 Å². The maximum absolute atomic E-state index is 2.52. The van der Waals surface area contributed by atoms with Crippen LogP contribution in [0, 0.1) is 0 Å². The second-order valence-electron chi connectivity index (χ2n) is 15.6. The Labute approximate surface area is 319 Å². The molecule has 0 N–H and O–H groups in total. The smallest absolute Gasteiger partial charge is 0.0655 e. The molecule has 2 nitrogen and oxygen atoms in total. The van der Waals surface area contributed by atoms with Gasteiger partial charge in [-0.1, -0.05) is 153 Å². The summed E-state index contributed by atoms with van der Waals surface area (Å²) in [4.78, 5) is 4.91. The highest BCUT2D eigenvalue weighted by Crippen LogP contribution is 2.54. The van der Waals surface area contributed by atoms with E-state index >= 15 is 0 Å². The zero-order chi connectivity index (χ0) is 36.4. The molecule has 0 radical (unpaired) electrons. The minimum absolute atomic E-state index is 0.0675. The van der Waals surface area contributed by atoms with Crippen LogP contribution in [0.4, 0.5) is 28.4 Å². The van der Waals surface area contributed by atoms with E-state index in [1.165, 1.54) is 67.1 Å². The van der Waals surface area contributed by atoms with Gasteiger partial charge in [-0.25, -0.2) is 0 Å². The number of para-hydroxylation sites is 2. The van der Waals surface area contributed by atoms with Crippen molar-refractivity contribution in [2.75, 3.05) is 9.80 Å². The van der Waals surface area contributed by atoms with Gasteiger partial charge in [0.25, 0.3) is 0 Å². The molecule has 1 aliphatic heterocycles. The van der Waals surface area contributed by atoms with Crippen LogP contribution in [0.3, 0.4) is 0 Å². The van der Waals surface area contributed by atoms with Crippen molar-refractivity contribution < 1.29 is 0 Å². The van der Waals surface area contributed by atoms with Crippen LogP contribution in [0.1, 0.15) is 43.0 Å². The Bertz CT molecular complexity index is 2580. The Morgan fingerprint density at radius 2 is 1.06 bits per heavy atom. The van der Waals surface area contributed by atoms with Crippen LogP contribution in [0.5, 0.6) is 0 Å². The van der Waals surface area contributed by atoms with Crippen LogP contribution < -0.4 is 9.80 Å². The molecular formula is C52H42N2. The second kappa shape index (κ2) is 12.4. The van der Waals surface area contributed by atoms with Gasteiger partial charge in [-0.2, -0.15) is 0 Å². The highest BCUT2D eigenvalue weighted by molar-refractivity contribution is 5.88. The topological polar surface area (TPSA) is 6.48 Å². The fourth-order valence-corrected chi connectivity index (χ4v) is 9.31. The van der Waals surface area contributed by atoms with Crippen molar-refractivity contribution >= 4 is 34.0 Å². The van der Waals surface area contributed by atoms with Crippen molar-refractivity contribution in [3.05, 3.63) is 216 Å². The maximum atomic E-state index is 2.52. The van der Waals surface area contributed by atoms with E-state index in [0.717, 1.165) is 11.4 Å². The molecule has 2 aliphatic carbocycles. The zero-order valence-corrected chi connectivity index (χ0v) is 30.9. The minimum Gasteiger partial charge on any atom is -0.333 e. The highest BCUT2D eigenvalue weighted by Gasteiger charge is 2.47. The number of fused-ring (bicyclic) bond motifs is 6. The first-order chi connectivity index (χ1) is 26.4. The summed E-state index contributed by atoms with van der Waals surface area (Å²) in [6, 6.07) is 64.5. The number of rotatable bonds is 6. The molecule has 54 heavy (non-hydrogen) atoms. The van der Waals surface area contributed by atoms with Crippen molar-refractivity contribution in [1.82, 2.24) is 0 Å². The molecule has 2 heteroatoms. The summed E-state index contributed by atoms with van der Waals surface area (Å²) in [5.74, 6) is 0. The van der Waals surface area contributed by atoms with Crippen LogP contribution >= 0.6 is 0 Å². The molecule has 7 aromatic carbocycles. The van der Waals surface area contributed by atoms with Gasteiger partial charge in [0.05, 0.1) is 6.04 Å². The van der Waals surface area contributed by atoms with Crippen LogP contribution in [-0.2, 0) is 10.8 Å². The number of benzene rings is 7. The molecule has 0 amide bonds. The number of nitrogens with zero attached hydrogens (tertiary/aromatic N) is 2. The van der Waals surface area contributed by atoms with E-state index < -0.39 is 0 Å². The molecule has 0 bridgehead atoms. The fourth-order valence-electron chi connectivity index (χ4n) is 9.31. The summed E-state index contributed by atoms with van der Waals surface area (Å²) >= 11 is 0. The number of hydrogen-bond donors (Lipinski definition) is 0. The van der Waals surface area contributed by atoms with Crippen LogP contribution in [0.25, 0.3) is 27.8 Å². The SMILES string of the molecule is CC1(C)c2ccccc2-c2ccc(N(c3ccccc3)c3ccc(C4=CC5(C)c6ccccc6N(c6ccc(-c7ccccc7)cc6)C5C=C4)cc3)cc21. The van der Waals surface area contributed by atoms with E-state index in [4.69, 9.17) is 0 Å². The number of hydrogen-bond acceptors (Lipinski definition) is 2. The van der Waals surface area contributed by atoms with Crippen molar-refractivity contribution in [3.8, 4) is 22.3 Å². The standard InChI is InChI=1S/C52H42N2/c1-51(2)46-19-11-10-18-44(46)45-32-31-43(34-48(45)51)53(40-16-8-5-9-17-40)41-27-24-38(25-28-41)39-26-33-50-52(3,35-39)47-20-12-13-21-49(47)54(50)42-29-22-37(23-30-42)36-14-6-4-7-15-36/h4-35,50H,1-3H3. The van der Waals surface area contributed by atoms with Gasteiger partial charge in [0.2, 0.25) is 0 Å². The summed E-state index contributed by atoms with van der Waals surface area (Å²) in [6.45, 7) is 7.10. The predicted molar refractivity (Wildman–Crippen MR) is 227 cm³/mol. The van der Waals surface area contributed by atoms with Crippen molar-refractivity contribution in [2.24, 2.45) is 0 Å². The van der Waals surface area contributed by atoms with Gasteiger partial charge in [-0.3, -0.25) is 0 Å². The maximum Gasteiger partial charge on any atom is 0.0655 e. The molecule has 0 saturated carbocycles. The second-order valence-corrected chi connectivity index (χ2v) is 15.6. The monoisotopic (exact) mass is 694 g/mol. The first-order valence-corrected chi connectivity index (χ1v) is 19.1. The average Bonchev–Trinajstić information content (AvgIpc) is 3.62. The molecule has 1 heterocycles. The first-order valence-electron chi connectivity index (χ1n) is 19.1. The number of allylic oxidation sites excluding steroid dienone is 2. The van der Waals surface area contributed by atoms with Gasteiger partial charge in [0.15, 0.2) is 0 Å². The Balaban J connectivity index is 0.989. The molecule has 7 aromatic rings. The summed E-state index contributed by atoms with van der Waals surface area (Å²) in [5, 5.41) is 0. The van der Waals surface area contributed by atoms with E-state index in [9.17, 15) is 0 Å². The molecule has 3 aliphatic rings. The van der Waals surface area contributed by atoms with Crippen molar-refractivity contribution in [3.63, 3.8) is 0 Å². The molecular weight excluding hydrogens is 653 g/mol. The Kier molecular flexibility index (Phi) is 7.39. The molecule has 0 aromatic heterocycles. The van der Waals surface area contributed by atoms with Gasteiger partial charge >= 0.3 is 0 Å². The van der Waals surface area contributed by atoms with E-state index in [0.29, 0.717) is 0 Å². The Morgan fingerprint density at radius 3 is 1.81 bits per heavy atom. The van der Waals surface area contributed by atoms with Gasteiger partial charge in [0, 0.05) is 39.3 Å². The molecule has 260 valence electrons. The van der Waals surface area contributed by atoms with Gasteiger partial charge < -0.3 is 9.80 Å². The van der Waals surface area contributed by atoms with E-state index in [-0.39, 0.29) is 16.9 Å². The third kappa shape index (κ3) is 5.01. The lowest BCUT2D eigenvalue weighted by Crippen LogP contribution is -2.39. The Morgan fingerprint density at radius 1 is 0.481 bits per heavy atom. The van der Waals surface area contributed by atoms with Crippen LogP contribution in [0.15, 0.2) is 194 Å². The lowest BCUT2D eigenvalue weighted by Gasteiger charge is -2.36. The summed E-state index contributed by atoms with van der Waals surface area (Å²) in [5.41, 5.74) is 17.4. The van der Waals surface area contributed by atoms with Gasteiger partial charge in [0.1, 0.15) is 0 Å². The lowest BCUT2D eigenvalue weighted by molar-refractivity contribution is 0.553. The minimum atomic E-state index is -0.192. The molecule has 2 atom stereocenters. The summed E-state index contributed by atoms with van der Waals surface area (Å²) < 4.78 is 0. The van der Waals surface area contributed by atoms with E-state index in [1.807, 2.05) is 0 Å². The van der Waals surface area contributed by atoms with Crippen molar-refractivity contribution in [2.45, 2.75) is 37.6 Å².